The van der Waals surface area contributed by atoms with Gasteiger partial charge in [-0.25, -0.2) is 0 Å². The zero-order valence-corrected chi connectivity index (χ0v) is 20.0. The Morgan fingerprint density at radius 2 is 1.31 bits per heavy atom. The second kappa shape index (κ2) is 11.8. The highest BCUT2D eigenvalue weighted by molar-refractivity contribution is 5.69. The molecule has 194 valence electrons. The van der Waals surface area contributed by atoms with E-state index in [1.807, 2.05) is 0 Å². The summed E-state index contributed by atoms with van der Waals surface area (Å²) in [6.45, 7) is 4.72. The number of nitrogens with zero attached hydrogens (tertiary/aromatic N) is 1. The summed E-state index contributed by atoms with van der Waals surface area (Å²) < 4.78 is 26.4. The number of carbonyl (C=O) groups is 5. The van der Waals surface area contributed by atoms with Crippen molar-refractivity contribution in [2.75, 3.05) is 6.61 Å². The number of rotatable bonds is 11. The van der Waals surface area contributed by atoms with E-state index in [0.29, 0.717) is 6.42 Å². The topological polar surface area (TPSA) is 175 Å². The van der Waals surface area contributed by atoms with Gasteiger partial charge >= 0.3 is 29.8 Å². The Kier molecular flexibility index (Phi) is 9.32. The Morgan fingerprint density at radius 1 is 0.800 bits per heavy atom. The molecule has 8 atom stereocenters. The van der Waals surface area contributed by atoms with E-state index in [4.69, 9.17) is 23.7 Å². The highest BCUT2D eigenvalue weighted by atomic mass is 16.6. The first-order chi connectivity index (χ1) is 16.3. The predicted molar refractivity (Wildman–Crippen MR) is 114 cm³/mol. The maximum Gasteiger partial charge on any atom is 0.303 e. The van der Waals surface area contributed by atoms with Gasteiger partial charge in [0.1, 0.15) is 6.61 Å². The standard InChI is InChI=1S/C22H29NO12/c1-10(24)31-9-17(32-11(2)25)20(33-12(3)26)22(35-14(5)28)21(34-13(4)27)18-15-6-7-16(8-15)19(18)23(29)30/h6-7,15-22H,8-9H2,1-5H3/t15-,16+,17-,18-,19-,20-,21-,22+/m1/s1. The Labute approximate surface area is 201 Å². The molecule has 0 unspecified atom stereocenters. The largest absolute Gasteiger partial charge is 0.462 e. The Morgan fingerprint density at radius 3 is 1.80 bits per heavy atom. The smallest absolute Gasteiger partial charge is 0.303 e. The average Bonchev–Trinajstić information content (AvgIpc) is 3.32. The van der Waals surface area contributed by atoms with E-state index in [1.54, 1.807) is 12.2 Å². The number of esters is 5. The third kappa shape index (κ3) is 7.23. The molecule has 2 rings (SSSR count). The van der Waals surface area contributed by atoms with Crippen LogP contribution in [-0.4, -0.2) is 71.8 Å². The van der Waals surface area contributed by atoms with Crippen LogP contribution in [0.3, 0.4) is 0 Å². The van der Waals surface area contributed by atoms with Crippen molar-refractivity contribution >= 4 is 29.8 Å². The minimum atomic E-state index is -1.63. The predicted octanol–water partition coefficient (Wildman–Crippen LogP) is 0.744. The van der Waals surface area contributed by atoms with Crippen molar-refractivity contribution < 1.29 is 52.6 Å². The van der Waals surface area contributed by atoms with E-state index in [2.05, 4.69) is 0 Å². The monoisotopic (exact) mass is 499 g/mol. The van der Waals surface area contributed by atoms with Crippen LogP contribution in [0, 0.1) is 27.9 Å². The fourth-order valence-electron chi connectivity index (χ4n) is 4.79. The number of carbonyl (C=O) groups excluding carboxylic acids is 5. The molecule has 0 aromatic carbocycles. The number of hydrogen-bond donors (Lipinski definition) is 0. The summed E-state index contributed by atoms with van der Waals surface area (Å²) in [4.78, 5) is 70.8. The van der Waals surface area contributed by atoms with Gasteiger partial charge in [-0.3, -0.25) is 34.1 Å². The summed E-state index contributed by atoms with van der Waals surface area (Å²) in [7, 11) is 0. The van der Waals surface area contributed by atoms with Crippen LogP contribution in [0.5, 0.6) is 0 Å². The first-order valence-corrected chi connectivity index (χ1v) is 11.0. The minimum Gasteiger partial charge on any atom is -0.462 e. The number of ether oxygens (including phenoxy) is 5. The summed E-state index contributed by atoms with van der Waals surface area (Å²) in [5, 5.41) is 12.0. The highest BCUT2D eigenvalue weighted by Gasteiger charge is 2.60. The van der Waals surface area contributed by atoms with Gasteiger partial charge in [0.15, 0.2) is 24.4 Å². The van der Waals surface area contributed by atoms with Gasteiger partial charge in [-0.15, -0.1) is 0 Å². The molecule has 0 aromatic heterocycles. The molecule has 0 amide bonds. The number of hydrogen-bond acceptors (Lipinski definition) is 12. The van der Waals surface area contributed by atoms with E-state index in [-0.39, 0.29) is 0 Å². The Balaban J connectivity index is 2.61. The molecule has 0 saturated heterocycles. The normalized spacial score (nSPS) is 25.5. The molecular weight excluding hydrogens is 470 g/mol. The third-order valence-electron chi connectivity index (χ3n) is 5.79. The highest BCUT2D eigenvalue weighted by Crippen LogP contribution is 2.48. The summed E-state index contributed by atoms with van der Waals surface area (Å²) >= 11 is 0. The molecule has 1 fully saturated rings. The van der Waals surface area contributed by atoms with Gasteiger partial charge in [0.25, 0.3) is 0 Å². The summed E-state index contributed by atoms with van der Waals surface area (Å²) in [5.74, 6) is -5.94. The maximum atomic E-state index is 12.1. The van der Waals surface area contributed by atoms with Crippen LogP contribution in [0.25, 0.3) is 0 Å². The zero-order valence-electron chi connectivity index (χ0n) is 20.0. The zero-order chi connectivity index (χ0) is 26.4. The number of allylic oxidation sites excluding steroid dienone is 1. The van der Waals surface area contributed by atoms with Gasteiger partial charge in [0, 0.05) is 45.5 Å². The Hall–Kier alpha value is -3.51. The van der Waals surface area contributed by atoms with Crippen molar-refractivity contribution in [2.24, 2.45) is 17.8 Å². The van der Waals surface area contributed by atoms with Gasteiger partial charge in [-0.05, 0) is 12.3 Å². The molecule has 0 radical (unpaired) electrons. The van der Waals surface area contributed by atoms with Crippen LogP contribution in [0.4, 0.5) is 0 Å². The number of fused-ring (bicyclic) bond motifs is 2. The molecule has 0 heterocycles. The third-order valence-corrected chi connectivity index (χ3v) is 5.79. The molecule has 1 saturated carbocycles. The van der Waals surface area contributed by atoms with Crippen LogP contribution >= 0.6 is 0 Å². The van der Waals surface area contributed by atoms with Gasteiger partial charge in [-0.2, -0.15) is 0 Å². The lowest BCUT2D eigenvalue weighted by Gasteiger charge is -2.39. The molecule has 13 heteroatoms. The molecule has 0 aromatic rings. The first kappa shape index (κ1) is 27.7. The van der Waals surface area contributed by atoms with E-state index in [0.717, 1.165) is 34.6 Å². The van der Waals surface area contributed by atoms with Crippen LogP contribution in [0.2, 0.25) is 0 Å². The molecule has 2 bridgehead atoms. The lowest BCUT2D eigenvalue weighted by Crippen LogP contribution is -2.57. The summed E-state index contributed by atoms with van der Waals surface area (Å²) in [6, 6.07) is -1.17. The molecule has 0 aliphatic heterocycles. The van der Waals surface area contributed by atoms with Gasteiger partial charge < -0.3 is 23.7 Å². The van der Waals surface area contributed by atoms with Crippen molar-refractivity contribution in [1.82, 2.24) is 0 Å². The SMILES string of the molecule is CC(=O)OC[C@@H](OC(C)=O)[C@@H](OC(C)=O)[C@H](OC(C)=O)[C@H](OC(C)=O)[C@H]1[C@H]([N+](=O)[O-])[C@H]2C=C[C@@H]1C2. The second-order valence-corrected chi connectivity index (χ2v) is 8.47. The van der Waals surface area contributed by atoms with Gasteiger partial charge in [0.2, 0.25) is 6.04 Å². The van der Waals surface area contributed by atoms with Crippen LogP contribution in [0.15, 0.2) is 12.2 Å². The Bertz CT molecular complexity index is 899. The van der Waals surface area contributed by atoms with E-state index in [1.165, 1.54) is 0 Å². The van der Waals surface area contributed by atoms with E-state index in [9.17, 15) is 34.1 Å². The fourth-order valence-corrected chi connectivity index (χ4v) is 4.79. The second-order valence-electron chi connectivity index (χ2n) is 8.47. The molecule has 0 N–H and O–H groups in total. The average molecular weight is 499 g/mol. The van der Waals surface area contributed by atoms with Crippen LogP contribution in [-0.2, 0) is 47.7 Å². The number of nitro groups is 1. The maximum absolute atomic E-state index is 12.1. The van der Waals surface area contributed by atoms with Crippen LogP contribution < -0.4 is 0 Å². The molecule has 2 aliphatic carbocycles. The van der Waals surface area contributed by atoms with Crippen molar-refractivity contribution in [1.29, 1.82) is 0 Å². The molecule has 0 spiro atoms. The van der Waals surface area contributed by atoms with E-state index >= 15 is 0 Å². The van der Waals surface area contributed by atoms with Crippen molar-refractivity contribution in [3.8, 4) is 0 Å². The molecule has 35 heavy (non-hydrogen) atoms. The summed E-state index contributed by atoms with van der Waals surface area (Å²) in [6.07, 6.45) is -2.29. The van der Waals surface area contributed by atoms with Crippen molar-refractivity contribution in [2.45, 2.75) is 71.5 Å². The van der Waals surface area contributed by atoms with Gasteiger partial charge in [0.05, 0.1) is 5.92 Å². The molecule has 2 aliphatic rings. The lowest BCUT2D eigenvalue weighted by atomic mass is 9.80. The summed E-state index contributed by atoms with van der Waals surface area (Å²) in [5.41, 5.74) is 0. The first-order valence-electron chi connectivity index (χ1n) is 11.0. The quantitative estimate of drug-likeness (QED) is 0.128. The molecule has 13 nitrogen and oxygen atoms in total. The van der Waals surface area contributed by atoms with Crippen LogP contribution in [0.1, 0.15) is 41.0 Å². The van der Waals surface area contributed by atoms with Crippen molar-refractivity contribution in [3.05, 3.63) is 22.3 Å². The lowest BCUT2D eigenvalue weighted by molar-refractivity contribution is -0.538. The van der Waals surface area contributed by atoms with Crippen molar-refractivity contribution in [3.63, 3.8) is 0 Å². The molecular formula is C22H29NO12. The van der Waals surface area contributed by atoms with E-state index < -0.39 is 89.6 Å². The fraction of sp³-hybridized carbons (Fsp3) is 0.682. The minimum absolute atomic E-state index is 0.392. The van der Waals surface area contributed by atoms with Gasteiger partial charge in [-0.1, -0.05) is 12.2 Å².